The van der Waals surface area contributed by atoms with Gasteiger partial charge in [-0.2, -0.15) is 0 Å². The zero-order valence-electron chi connectivity index (χ0n) is 21.7. The van der Waals surface area contributed by atoms with Crippen LogP contribution in [0.2, 0.25) is 0 Å². The van der Waals surface area contributed by atoms with Crippen LogP contribution in [0.1, 0.15) is 34.6 Å². The minimum atomic E-state index is 0.406. The van der Waals surface area contributed by atoms with Crippen molar-refractivity contribution in [2.24, 2.45) is 0 Å². The topological polar surface area (TPSA) is 18.5 Å². The Labute approximate surface area is 222 Å². The zero-order valence-corrected chi connectivity index (χ0v) is 21.7. The first-order valence-electron chi connectivity index (χ1n) is 13.5. The summed E-state index contributed by atoms with van der Waals surface area (Å²) in [6.45, 7) is 0. The predicted molar refractivity (Wildman–Crippen MR) is 159 cm³/mol. The number of rotatable bonds is 3. The Morgan fingerprint density at radius 2 is 1.24 bits per heavy atom. The number of allylic oxidation sites excluding steroid dienone is 1. The molecule has 0 saturated carbocycles. The van der Waals surface area contributed by atoms with Crippen LogP contribution < -0.4 is 9.47 Å². The highest BCUT2D eigenvalue weighted by atomic mass is 16.5. The van der Waals surface area contributed by atoms with E-state index >= 15 is 0 Å². The van der Waals surface area contributed by atoms with Gasteiger partial charge in [-0.1, -0.05) is 84.4 Å². The van der Waals surface area contributed by atoms with Crippen LogP contribution in [0.3, 0.4) is 0 Å². The Balaban J connectivity index is 1.28. The number of benzene rings is 6. The van der Waals surface area contributed by atoms with E-state index in [9.17, 15) is 0 Å². The van der Waals surface area contributed by atoms with Crippen molar-refractivity contribution in [3.05, 3.63) is 113 Å². The maximum Gasteiger partial charge on any atom is 0.127 e. The van der Waals surface area contributed by atoms with Crippen molar-refractivity contribution in [3.8, 4) is 11.5 Å². The second-order valence-corrected chi connectivity index (χ2v) is 10.7. The van der Waals surface area contributed by atoms with Crippen molar-refractivity contribution in [3.63, 3.8) is 0 Å². The zero-order chi connectivity index (χ0) is 25.4. The van der Waals surface area contributed by atoms with E-state index < -0.39 is 0 Å². The first kappa shape index (κ1) is 21.8. The maximum absolute atomic E-state index is 6.03. The SMILES string of the molecule is COc1cc2c(c3ccc4ccccc4c13)CC(C1CCc3c1cc(OC)c1c3ccc3ccccc31)=C2. The molecule has 0 aromatic heterocycles. The molecule has 1 atom stereocenters. The summed E-state index contributed by atoms with van der Waals surface area (Å²) in [5.41, 5.74) is 7.15. The third kappa shape index (κ3) is 2.95. The van der Waals surface area contributed by atoms with Gasteiger partial charge in [-0.25, -0.2) is 0 Å². The highest BCUT2D eigenvalue weighted by Crippen LogP contribution is 2.50. The predicted octanol–water partition coefficient (Wildman–Crippen LogP) is 8.99. The highest BCUT2D eigenvalue weighted by Gasteiger charge is 2.32. The van der Waals surface area contributed by atoms with Gasteiger partial charge >= 0.3 is 0 Å². The molecule has 2 heteroatoms. The molecule has 8 rings (SSSR count). The van der Waals surface area contributed by atoms with E-state index in [0.29, 0.717) is 5.92 Å². The van der Waals surface area contributed by atoms with Gasteiger partial charge in [-0.15, -0.1) is 0 Å². The van der Waals surface area contributed by atoms with Gasteiger partial charge in [0, 0.05) is 16.7 Å². The number of aryl methyl sites for hydroxylation is 1. The molecule has 2 aliphatic rings. The molecule has 6 aromatic rings. The van der Waals surface area contributed by atoms with Crippen molar-refractivity contribution in [2.75, 3.05) is 14.2 Å². The number of methoxy groups -OCH3 is 2. The molecule has 38 heavy (non-hydrogen) atoms. The number of hydrogen-bond acceptors (Lipinski definition) is 2. The minimum Gasteiger partial charge on any atom is -0.496 e. The Morgan fingerprint density at radius 1 is 0.632 bits per heavy atom. The fourth-order valence-corrected chi connectivity index (χ4v) is 7.23. The van der Waals surface area contributed by atoms with E-state index in [1.165, 1.54) is 70.9 Å². The molecule has 2 aliphatic carbocycles. The second kappa shape index (κ2) is 8.10. The quantitative estimate of drug-likeness (QED) is 0.230. The average molecular weight is 493 g/mol. The molecule has 184 valence electrons. The molecule has 0 saturated heterocycles. The molecular weight excluding hydrogens is 464 g/mol. The van der Waals surface area contributed by atoms with Crippen LogP contribution in [0.25, 0.3) is 49.2 Å². The molecule has 2 nitrogen and oxygen atoms in total. The summed E-state index contributed by atoms with van der Waals surface area (Å²) in [5, 5.41) is 10.2. The highest BCUT2D eigenvalue weighted by molar-refractivity contribution is 6.14. The molecule has 0 aliphatic heterocycles. The molecule has 0 amide bonds. The smallest absolute Gasteiger partial charge is 0.127 e. The Bertz CT molecular complexity index is 1980. The molecule has 1 unspecified atom stereocenters. The largest absolute Gasteiger partial charge is 0.496 e. The normalized spacial score (nSPS) is 16.3. The van der Waals surface area contributed by atoms with Crippen LogP contribution in [0.5, 0.6) is 11.5 Å². The van der Waals surface area contributed by atoms with Crippen molar-refractivity contribution >= 4 is 49.2 Å². The lowest BCUT2D eigenvalue weighted by atomic mass is 9.88. The summed E-state index contributed by atoms with van der Waals surface area (Å²) in [7, 11) is 3.59. The summed E-state index contributed by atoms with van der Waals surface area (Å²) in [4.78, 5) is 0. The summed E-state index contributed by atoms with van der Waals surface area (Å²) in [6.07, 6.45) is 5.66. The van der Waals surface area contributed by atoms with Gasteiger partial charge in [0.2, 0.25) is 0 Å². The fourth-order valence-electron chi connectivity index (χ4n) is 7.23. The Kier molecular flexibility index (Phi) is 4.64. The molecule has 0 heterocycles. The molecule has 0 spiro atoms. The Hall–Kier alpha value is -4.30. The molecule has 0 radical (unpaired) electrons. The van der Waals surface area contributed by atoms with Crippen LogP contribution >= 0.6 is 0 Å². The first-order valence-corrected chi connectivity index (χ1v) is 13.5. The van der Waals surface area contributed by atoms with Gasteiger partial charge in [-0.3, -0.25) is 0 Å². The standard InChI is InChI=1S/C36H28O2/c1-37-33-19-24-17-23(18-31(24)30-14-12-22-8-4-6-10-27(22)36(30)33)25-15-16-28-29-13-11-21-7-3-5-9-26(21)35(29)34(38-2)20-32(25)28/h3-14,17,19-20,25H,15-16,18H2,1-2H3. The number of fused-ring (bicyclic) bond motifs is 10. The minimum absolute atomic E-state index is 0.406. The summed E-state index contributed by atoms with van der Waals surface area (Å²) < 4.78 is 12.0. The summed E-state index contributed by atoms with van der Waals surface area (Å²) in [5.74, 6) is 2.35. The van der Waals surface area contributed by atoms with E-state index in [2.05, 4.69) is 91.0 Å². The van der Waals surface area contributed by atoms with Gasteiger partial charge in [0.1, 0.15) is 11.5 Å². The summed E-state index contributed by atoms with van der Waals surface area (Å²) >= 11 is 0. The first-order chi connectivity index (χ1) is 18.7. The van der Waals surface area contributed by atoms with Crippen LogP contribution in [-0.4, -0.2) is 14.2 Å². The van der Waals surface area contributed by atoms with Crippen molar-refractivity contribution < 1.29 is 9.47 Å². The molecular formula is C36H28O2. The van der Waals surface area contributed by atoms with E-state index in [0.717, 1.165) is 30.8 Å². The van der Waals surface area contributed by atoms with E-state index in [-0.39, 0.29) is 0 Å². The van der Waals surface area contributed by atoms with Gasteiger partial charge in [-0.05, 0) is 86.0 Å². The average Bonchev–Trinajstić information content (AvgIpc) is 3.60. The Morgan fingerprint density at radius 3 is 1.89 bits per heavy atom. The molecule has 0 fully saturated rings. The monoisotopic (exact) mass is 492 g/mol. The lowest BCUT2D eigenvalue weighted by Crippen LogP contribution is -2.00. The summed E-state index contributed by atoms with van der Waals surface area (Å²) in [6, 6.07) is 31.0. The lowest BCUT2D eigenvalue weighted by molar-refractivity contribution is 0.419. The van der Waals surface area contributed by atoms with Crippen molar-refractivity contribution in [1.82, 2.24) is 0 Å². The van der Waals surface area contributed by atoms with Gasteiger partial charge in [0.25, 0.3) is 0 Å². The fraction of sp³-hybridized carbons (Fsp3) is 0.167. The number of ether oxygens (including phenoxy) is 2. The molecule has 0 N–H and O–H groups in total. The number of hydrogen-bond donors (Lipinski definition) is 0. The van der Waals surface area contributed by atoms with E-state index in [1.807, 2.05) is 0 Å². The third-order valence-electron chi connectivity index (χ3n) is 8.94. The van der Waals surface area contributed by atoms with Crippen LogP contribution in [0, 0.1) is 0 Å². The van der Waals surface area contributed by atoms with Crippen LogP contribution in [-0.2, 0) is 12.8 Å². The molecule has 6 aromatic carbocycles. The van der Waals surface area contributed by atoms with E-state index in [1.54, 1.807) is 14.2 Å². The van der Waals surface area contributed by atoms with Gasteiger partial charge in [0.05, 0.1) is 14.2 Å². The van der Waals surface area contributed by atoms with E-state index in [4.69, 9.17) is 9.47 Å². The van der Waals surface area contributed by atoms with Crippen molar-refractivity contribution in [1.29, 1.82) is 0 Å². The van der Waals surface area contributed by atoms with Crippen molar-refractivity contribution in [2.45, 2.75) is 25.2 Å². The van der Waals surface area contributed by atoms with Gasteiger partial charge in [0.15, 0.2) is 0 Å². The van der Waals surface area contributed by atoms with Gasteiger partial charge < -0.3 is 9.47 Å². The third-order valence-corrected chi connectivity index (χ3v) is 8.94. The van der Waals surface area contributed by atoms with Crippen LogP contribution in [0.15, 0.2) is 90.5 Å². The lowest BCUT2D eigenvalue weighted by Gasteiger charge is -2.18. The second-order valence-electron chi connectivity index (χ2n) is 10.7. The molecule has 0 bridgehead atoms. The maximum atomic E-state index is 6.03. The van der Waals surface area contributed by atoms with Crippen LogP contribution in [0.4, 0.5) is 0 Å².